The summed E-state index contributed by atoms with van der Waals surface area (Å²) in [5.41, 5.74) is 4.82. The van der Waals surface area contributed by atoms with Crippen LogP contribution >= 0.6 is 0 Å². The number of phenolic OH excluding ortho intramolecular Hbond substituents is 1. The number of phenols is 1. The Balaban J connectivity index is 0.993. The third-order valence-electron chi connectivity index (χ3n) is 9.71. The highest BCUT2D eigenvalue weighted by Gasteiger charge is 2.28. The maximum Gasteiger partial charge on any atom is 0.411 e. The second kappa shape index (κ2) is 17.5. The van der Waals surface area contributed by atoms with E-state index in [1.54, 1.807) is 12.1 Å². The average molecular weight is 670 g/mol. The summed E-state index contributed by atoms with van der Waals surface area (Å²) in [5, 5.41) is 27.8. The summed E-state index contributed by atoms with van der Waals surface area (Å²) in [6.45, 7) is 3.25. The van der Waals surface area contributed by atoms with Crippen molar-refractivity contribution in [2.75, 3.05) is 45.6 Å². The van der Waals surface area contributed by atoms with E-state index < -0.39 is 6.10 Å². The predicted octanol–water partition coefficient (Wildman–Crippen LogP) is 7.28. The number of pyridine rings is 1. The number of likely N-dealkylation sites (tertiary alicyclic amines) is 1. The number of benzene rings is 3. The van der Waals surface area contributed by atoms with E-state index in [1.165, 1.54) is 37.0 Å². The van der Waals surface area contributed by atoms with E-state index in [2.05, 4.69) is 60.0 Å². The number of ether oxygens (including phenoxy) is 1. The number of hydrogen-bond acceptors (Lipinski definition) is 6. The number of quaternary nitrogens is 1. The molecule has 0 bridgehead atoms. The summed E-state index contributed by atoms with van der Waals surface area (Å²) in [6.07, 6.45) is 9.61. The van der Waals surface area contributed by atoms with Gasteiger partial charge in [-0.25, -0.2) is 4.79 Å². The zero-order valence-electron chi connectivity index (χ0n) is 29.0. The highest BCUT2D eigenvalue weighted by molar-refractivity contribution is 5.92. The number of H-pyrrole nitrogens is 1. The Morgan fingerprint density at radius 2 is 1.63 bits per heavy atom. The molecule has 1 fully saturated rings. The van der Waals surface area contributed by atoms with E-state index in [1.807, 2.05) is 18.2 Å². The van der Waals surface area contributed by atoms with Gasteiger partial charge in [-0.1, -0.05) is 80.6 Å². The summed E-state index contributed by atoms with van der Waals surface area (Å²) < 4.78 is 6.82. The highest BCUT2D eigenvalue weighted by atomic mass is 16.6. The van der Waals surface area contributed by atoms with Crippen molar-refractivity contribution >= 4 is 22.7 Å². The minimum absolute atomic E-state index is 0.00647. The number of amides is 1. The number of carbonyl (C=O) groups excluding carboxylic acids is 1. The molecular weight excluding hydrogens is 616 g/mol. The van der Waals surface area contributed by atoms with Gasteiger partial charge in [0.1, 0.15) is 11.9 Å². The Bertz CT molecular complexity index is 1710. The smallest absolute Gasteiger partial charge is 0.411 e. The molecule has 4 aromatic rings. The second-order valence-electron chi connectivity index (χ2n) is 14.1. The number of nitrogens with one attached hydrogen (secondary N) is 3. The Hall–Kier alpha value is -4.18. The van der Waals surface area contributed by atoms with E-state index in [4.69, 9.17) is 4.74 Å². The van der Waals surface area contributed by atoms with Crippen LogP contribution in [0.3, 0.4) is 0 Å². The third kappa shape index (κ3) is 10.7. The quantitative estimate of drug-likeness (QED) is 0.0631. The van der Waals surface area contributed by atoms with E-state index >= 15 is 0 Å². The predicted molar refractivity (Wildman–Crippen MR) is 197 cm³/mol. The Morgan fingerprint density at radius 3 is 2.39 bits per heavy atom. The minimum Gasteiger partial charge on any atom is -0.506 e. The zero-order valence-corrected chi connectivity index (χ0v) is 29.0. The number of aromatic amines is 1. The molecular formula is C40H53N4O5+. The molecule has 0 aliphatic carbocycles. The molecule has 0 radical (unpaired) electrons. The highest BCUT2D eigenvalue weighted by Crippen LogP contribution is 2.31. The van der Waals surface area contributed by atoms with Crippen LogP contribution in [-0.2, 0) is 11.2 Å². The molecule has 0 spiro atoms. The Labute approximate surface area is 289 Å². The molecule has 5 N–H and O–H groups in total. The van der Waals surface area contributed by atoms with Crippen LogP contribution in [0.15, 0.2) is 77.6 Å². The molecule has 1 saturated heterocycles. The van der Waals surface area contributed by atoms with E-state index in [9.17, 15) is 19.8 Å². The SMILES string of the molecule is C[N+]1(C)CCC(OC(=O)Nc2cc(CCCCCCCCCNC[C@@H](O)c3ccc(O)c4[nH]c(=O)ccc34)ccc2-c2ccccc2)CC1. The number of anilines is 1. The van der Waals surface area contributed by atoms with Crippen LogP contribution in [-0.4, -0.2) is 72.2 Å². The molecule has 1 aliphatic rings. The molecule has 9 nitrogen and oxygen atoms in total. The van der Waals surface area contributed by atoms with Crippen LogP contribution < -0.4 is 16.2 Å². The lowest BCUT2D eigenvalue weighted by Gasteiger charge is -2.36. The van der Waals surface area contributed by atoms with E-state index in [0.717, 1.165) is 85.9 Å². The van der Waals surface area contributed by atoms with Crippen LogP contribution in [0.4, 0.5) is 10.5 Å². The summed E-state index contributed by atoms with van der Waals surface area (Å²) >= 11 is 0. The zero-order chi connectivity index (χ0) is 34.6. The van der Waals surface area contributed by atoms with Crippen molar-refractivity contribution in [2.24, 2.45) is 0 Å². The average Bonchev–Trinajstić information content (AvgIpc) is 3.09. The number of nitrogens with zero attached hydrogens (tertiary/aromatic N) is 1. The van der Waals surface area contributed by atoms with Crippen molar-refractivity contribution in [2.45, 2.75) is 76.4 Å². The number of aromatic hydroxyl groups is 1. The normalized spacial score (nSPS) is 15.2. The van der Waals surface area contributed by atoms with Crippen LogP contribution in [0.1, 0.15) is 75.0 Å². The molecule has 5 rings (SSSR count). The lowest BCUT2D eigenvalue weighted by molar-refractivity contribution is -0.896. The molecule has 1 aromatic heterocycles. The third-order valence-corrected chi connectivity index (χ3v) is 9.71. The molecule has 49 heavy (non-hydrogen) atoms. The van der Waals surface area contributed by atoms with Crippen molar-refractivity contribution in [3.8, 4) is 16.9 Å². The monoisotopic (exact) mass is 669 g/mol. The first-order valence-corrected chi connectivity index (χ1v) is 17.9. The van der Waals surface area contributed by atoms with Gasteiger partial charge in [0, 0.05) is 36.4 Å². The topological polar surface area (TPSA) is 124 Å². The molecule has 0 saturated carbocycles. The molecule has 2 heterocycles. The number of aromatic nitrogens is 1. The summed E-state index contributed by atoms with van der Waals surface area (Å²) in [5.74, 6) is -0.00647. The summed E-state index contributed by atoms with van der Waals surface area (Å²) in [6, 6.07) is 22.8. The number of carbonyl (C=O) groups is 1. The first kappa shape index (κ1) is 36.1. The van der Waals surface area contributed by atoms with Gasteiger partial charge < -0.3 is 29.7 Å². The van der Waals surface area contributed by atoms with Crippen molar-refractivity contribution in [1.82, 2.24) is 10.3 Å². The van der Waals surface area contributed by atoms with Crippen molar-refractivity contribution in [3.05, 3.63) is 94.3 Å². The van der Waals surface area contributed by atoms with Crippen LogP contribution in [0.2, 0.25) is 0 Å². The fourth-order valence-electron chi connectivity index (χ4n) is 6.73. The number of piperidine rings is 1. The molecule has 1 aliphatic heterocycles. The standard InChI is InChI=1S/C40H52N4O5/c1-44(2)25-22-31(23-26-44)49-40(48)42-35-27-29(16-17-32(35)30-14-10-8-11-15-30)13-9-6-4-3-5-7-12-24-41-28-37(46)33-18-20-36(45)39-34(33)19-21-38(47)43-39/h8,10-11,14-21,27,31,37,41,46H,3-7,9,12-13,22-26,28H2,1-2H3,(H2-,42,43,45,47,48)/p+1/t37-/m1/s1. The van der Waals surface area contributed by atoms with Crippen molar-refractivity contribution in [1.29, 1.82) is 0 Å². The Kier molecular flexibility index (Phi) is 12.9. The molecule has 0 unspecified atom stereocenters. The van der Waals surface area contributed by atoms with E-state index in [0.29, 0.717) is 23.0 Å². The number of aliphatic hydroxyl groups is 1. The molecule has 262 valence electrons. The van der Waals surface area contributed by atoms with Crippen LogP contribution in [0, 0.1) is 0 Å². The number of aliphatic hydroxyl groups excluding tert-OH is 1. The maximum atomic E-state index is 13.0. The van der Waals surface area contributed by atoms with Gasteiger partial charge in [0.15, 0.2) is 0 Å². The minimum atomic E-state index is -0.738. The van der Waals surface area contributed by atoms with Gasteiger partial charge in [-0.3, -0.25) is 10.1 Å². The number of aryl methyl sites for hydroxylation is 1. The van der Waals surface area contributed by atoms with Gasteiger partial charge in [-0.05, 0) is 60.7 Å². The number of hydrogen-bond donors (Lipinski definition) is 5. The first-order chi connectivity index (χ1) is 23.7. The van der Waals surface area contributed by atoms with Crippen molar-refractivity contribution < 1.29 is 24.2 Å². The first-order valence-electron chi connectivity index (χ1n) is 17.9. The summed E-state index contributed by atoms with van der Waals surface area (Å²) in [4.78, 5) is 27.2. The molecule has 3 aromatic carbocycles. The fourth-order valence-corrected chi connectivity index (χ4v) is 6.73. The lowest BCUT2D eigenvalue weighted by Crippen LogP contribution is -2.48. The van der Waals surface area contributed by atoms with Gasteiger partial charge >= 0.3 is 6.09 Å². The van der Waals surface area contributed by atoms with E-state index in [-0.39, 0.29) is 23.5 Å². The lowest BCUT2D eigenvalue weighted by atomic mass is 9.98. The van der Waals surface area contributed by atoms with Gasteiger partial charge in [-0.2, -0.15) is 0 Å². The maximum absolute atomic E-state index is 13.0. The molecule has 9 heteroatoms. The van der Waals surface area contributed by atoms with Crippen LogP contribution in [0.25, 0.3) is 22.0 Å². The molecule has 1 atom stereocenters. The fraction of sp³-hybridized carbons (Fsp3) is 0.450. The number of fused-ring (bicyclic) bond motifs is 1. The van der Waals surface area contributed by atoms with Gasteiger partial charge in [0.2, 0.25) is 5.56 Å². The van der Waals surface area contributed by atoms with Gasteiger partial charge in [0.05, 0.1) is 44.5 Å². The van der Waals surface area contributed by atoms with Gasteiger partial charge in [-0.15, -0.1) is 0 Å². The van der Waals surface area contributed by atoms with Gasteiger partial charge in [0.25, 0.3) is 0 Å². The van der Waals surface area contributed by atoms with Crippen molar-refractivity contribution in [3.63, 3.8) is 0 Å². The number of unbranched alkanes of at least 4 members (excludes halogenated alkanes) is 6. The summed E-state index contributed by atoms with van der Waals surface area (Å²) in [7, 11) is 4.44. The molecule has 1 amide bonds. The number of rotatable bonds is 16. The second-order valence-corrected chi connectivity index (χ2v) is 14.1. The van der Waals surface area contributed by atoms with Crippen LogP contribution in [0.5, 0.6) is 5.75 Å². The Morgan fingerprint density at radius 1 is 0.918 bits per heavy atom. The largest absolute Gasteiger partial charge is 0.506 e.